The van der Waals surface area contributed by atoms with Crippen LogP contribution in [0.4, 0.5) is 17.6 Å². The average Bonchev–Trinajstić information content (AvgIpc) is 2.40. The molecule has 2 nitrogen and oxygen atoms in total. The van der Waals surface area contributed by atoms with E-state index in [1.165, 1.54) is 24.4 Å². The van der Waals surface area contributed by atoms with Crippen LogP contribution in [0.25, 0.3) is 11.1 Å². The first-order valence-corrected chi connectivity index (χ1v) is 5.61. The molecule has 0 atom stereocenters. The third-order valence-electron chi connectivity index (χ3n) is 2.70. The topological polar surface area (TPSA) is 36.7 Å². The number of alkyl halides is 3. The Bertz CT molecular complexity index is 654. The van der Waals surface area contributed by atoms with Crippen LogP contribution in [0.2, 0.25) is 0 Å². The highest BCUT2D eigenvalue weighted by atomic mass is 19.4. The maximum Gasteiger partial charge on any atom is 0.416 e. The molecule has 20 heavy (non-hydrogen) atoms. The Morgan fingerprint density at radius 2 is 1.80 bits per heavy atom. The van der Waals surface area contributed by atoms with Crippen LogP contribution in [0.3, 0.4) is 0 Å². The Balaban J connectivity index is 2.41. The van der Waals surface area contributed by atoms with Crippen molar-refractivity contribution in [2.24, 2.45) is 0 Å². The van der Waals surface area contributed by atoms with Crippen molar-refractivity contribution in [3.63, 3.8) is 0 Å². The predicted molar refractivity (Wildman–Crippen MR) is 64.0 cm³/mol. The fourth-order valence-corrected chi connectivity index (χ4v) is 1.72. The molecule has 0 aliphatic rings. The van der Waals surface area contributed by atoms with Crippen molar-refractivity contribution in [1.29, 1.82) is 5.26 Å². The van der Waals surface area contributed by atoms with E-state index in [9.17, 15) is 17.6 Å². The molecule has 0 amide bonds. The fourth-order valence-electron chi connectivity index (χ4n) is 1.72. The van der Waals surface area contributed by atoms with Gasteiger partial charge >= 0.3 is 6.18 Å². The zero-order valence-corrected chi connectivity index (χ0v) is 10.1. The third kappa shape index (κ3) is 2.94. The smallest absolute Gasteiger partial charge is 0.227 e. The molecule has 102 valence electrons. The lowest BCUT2D eigenvalue weighted by Crippen LogP contribution is -2.04. The van der Waals surface area contributed by atoms with Crippen LogP contribution in [0.15, 0.2) is 36.5 Å². The second-order valence-electron chi connectivity index (χ2n) is 4.09. The predicted octanol–water partition coefficient (Wildman–Crippen LogP) is 3.97. The van der Waals surface area contributed by atoms with Crippen LogP contribution in [0.1, 0.15) is 11.1 Å². The van der Waals surface area contributed by atoms with Gasteiger partial charge in [0.1, 0.15) is 0 Å². The molecule has 0 aliphatic heterocycles. The lowest BCUT2D eigenvalue weighted by Gasteiger charge is -2.08. The van der Waals surface area contributed by atoms with Gasteiger partial charge in [0.05, 0.1) is 18.1 Å². The van der Waals surface area contributed by atoms with E-state index in [4.69, 9.17) is 5.26 Å². The Morgan fingerprint density at radius 1 is 1.15 bits per heavy atom. The summed E-state index contributed by atoms with van der Waals surface area (Å²) in [7, 11) is 0. The first kappa shape index (κ1) is 14.0. The van der Waals surface area contributed by atoms with E-state index in [1.807, 2.05) is 6.07 Å². The normalized spacial score (nSPS) is 11.2. The number of halogens is 4. The number of benzene rings is 1. The first-order chi connectivity index (χ1) is 9.41. The average molecular weight is 280 g/mol. The molecule has 1 aromatic heterocycles. The van der Waals surface area contributed by atoms with Gasteiger partial charge in [-0.3, -0.25) is 0 Å². The van der Waals surface area contributed by atoms with Crippen LogP contribution in [-0.4, -0.2) is 4.98 Å². The molecule has 0 N–H and O–H groups in total. The summed E-state index contributed by atoms with van der Waals surface area (Å²) >= 11 is 0. The van der Waals surface area contributed by atoms with Crippen molar-refractivity contribution < 1.29 is 17.6 Å². The van der Waals surface area contributed by atoms with Gasteiger partial charge in [0.25, 0.3) is 0 Å². The number of nitrogens with zero attached hydrogens (tertiary/aromatic N) is 2. The van der Waals surface area contributed by atoms with Gasteiger partial charge in [-0.2, -0.15) is 22.8 Å². The zero-order valence-electron chi connectivity index (χ0n) is 10.1. The first-order valence-electron chi connectivity index (χ1n) is 5.61. The zero-order chi connectivity index (χ0) is 14.8. The van der Waals surface area contributed by atoms with Gasteiger partial charge in [0.2, 0.25) is 5.95 Å². The highest BCUT2D eigenvalue weighted by Gasteiger charge is 2.30. The Labute approximate surface area is 112 Å². The molecule has 2 rings (SSSR count). The van der Waals surface area contributed by atoms with Crippen molar-refractivity contribution >= 4 is 0 Å². The molecule has 0 unspecified atom stereocenters. The molecule has 0 saturated carbocycles. The molecular formula is C14H8F4N2. The molecule has 0 aliphatic carbocycles. The van der Waals surface area contributed by atoms with Crippen molar-refractivity contribution in [2.45, 2.75) is 12.6 Å². The SMILES string of the molecule is N#CCc1cnc(F)c(-c2ccc(C(F)(F)F)cc2)c1. The maximum absolute atomic E-state index is 13.6. The lowest BCUT2D eigenvalue weighted by atomic mass is 10.0. The lowest BCUT2D eigenvalue weighted by molar-refractivity contribution is -0.137. The quantitative estimate of drug-likeness (QED) is 0.616. The van der Waals surface area contributed by atoms with Crippen LogP contribution in [0.5, 0.6) is 0 Å². The summed E-state index contributed by atoms with van der Waals surface area (Å²) in [5.74, 6) is -0.786. The van der Waals surface area contributed by atoms with Crippen LogP contribution >= 0.6 is 0 Å². The molecule has 0 saturated heterocycles. The van der Waals surface area contributed by atoms with E-state index < -0.39 is 17.7 Å². The number of hydrogen-bond acceptors (Lipinski definition) is 2. The van der Waals surface area contributed by atoms with Gasteiger partial charge in [-0.15, -0.1) is 0 Å². The molecule has 0 spiro atoms. The standard InChI is InChI=1S/C14H8F4N2/c15-13-12(7-9(5-6-19)8-20-13)10-1-3-11(4-2-10)14(16,17)18/h1-4,7-8H,5H2. The summed E-state index contributed by atoms with van der Waals surface area (Å²) in [5, 5.41) is 8.58. The number of nitriles is 1. The molecule has 0 radical (unpaired) electrons. The minimum absolute atomic E-state index is 0.0565. The van der Waals surface area contributed by atoms with Gasteiger partial charge in [-0.05, 0) is 29.3 Å². The molecule has 1 aromatic carbocycles. The molecule has 0 fully saturated rings. The molecule has 6 heteroatoms. The van der Waals surface area contributed by atoms with Crippen LogP contribution in [-0.2, 0) is 12.6 Å². The largest absolute Gasteiger partial charge is 0.416 e. The van der Waals surface area contributed by atoms with Crippen molar-refractivity contribution in [2.75, 3.05) is 0 Å². The van der Waals surface area contributed by atoms with Gasteiger partial charge in [0, 0.05) is 11.8 Å². The van der Waals surface area contributed by atoms with Crippen LogP contribution < -0.4 is 0 Å². The van der Waals surface area contributed by atoms with E-state index in [-0.39, 0.29) is 17.5 Å². The Hall–Kier alpha value is -2.42. The van der Waals surface area contributed by atoms with Gasteiger partial charge in [-0.1, -0.05) is 12.1 Å². The van der Waals surface area contributed by atoms with E-state index >= 15 is 0 Å². The van der Waals surface area contributed by atoms with E-state index in [0.29, 0.717) is 5.56 Å². The third-order valence-corrected chi connectivity index (χ3v) is 2.70. The van der Waals surface area contributed by atoms with Gasteiger partial charge < -0.3 is 0 Å². The summed E-state index contributed by atoms with van der Waals surface area (Å²) in [6.07, 6.45) is -3.15. The van der Waals surface area contributed by atoms with Gasteiger partial charge in [-0.25, -0.2) is 4.98 Å². The van der Waals surface area contributed by atoms with Crippen molar-refractivity contribution in [1.82, 2.24) is 4.98 Å². The van der Waals surface area contributed by atoms with E-state index in [0.717, 1.165) is 12.1 Å². The maximum atomic E-state index is 13.6. The monoisotopic (exact) mass is 280 g/mol. The molecular weight excluding hydrogens is 272 g/mol. The summed E-state index contributed by atoms with van der Waals surface area (Å²) in [5.41, 5.74) is 0.0564. The molecule has 2 aromatic rings. The minimum Gasteiger partial charge on any atom is -0.227 e. The fraction of sp³-hybridized carbons (Fsp3) is 0.143. The minimum atomic E-state index is -4.43. The van der Waals surface area contributed by atoms with Crippen molar-refractivity contribution in [3.8, 4) is 17.2 Å². The van der Waals surface area contributed by atoms with Crippen LogP contribution in [0, 0.1) is 17.3 Å². The van der Waals surface area contributed by atoms with Gasteiger partial charge in [0.15, 0.2) is 0 Å². The highest BCUT2D eigenvalue weighted by molar-refractivity contribution is 5.64. The Morgan fingerprint density at radius 3 is 2.35 bits per heavy atom. The summed E-state index contributed by atoms with van der Waals surface area (Å²) < 4.78 is 50.9. The molecule has 0 bridgehead atoms. The van der Waals surface area contributed by atoms with E-state index in [2.05, 4.69) is 4.98 Å². The number of hydrogen-bond donors (Lipinski definition) is 0. The van der Waals surface area contributed by atoms with E-state index in [1.54, 1.807) is 0 Å². The number of aromatic nitrogens is 1. The summed E-state index contributed by atoms with van der Waals surface area (Å²) in [6, 6.07) is 7.43. The number of rotatable bonds is 2. The Kier molecular flexibility index (Phi) is 3.70. The van der Waals surface area contributed by atoms with Crippen molar-refractivity contribution in [3.05, 3.63) is 53.6 Å². The summed E-state index contributed by atoms with van der Waals surface area (Å²) in [4.78, 5) is 3.51. The molecule has 1 heterocycles. The second-order valence-corrected chi connectivity index (χ2v) is 4.09. The second kappa shape index (κ2) is 5.29. The summed E-state index contributed by atoms with van der Waals surface area (Å²) in [6.45, 7) is 0. The number of pyridine rings is 1. The highest BCUT2D eigenvalue weighted by Crippen LogP contribution is 2.31.